The SMILES string of the molecule is CC1(CCl)C=CC=CC1. The van der Waals surface area contributed by atoms with Gasteiger partial charge < -0.3 is 0 Å². The number of halogens is 1. The molecule has 0 aliphatic heterocycles. The molecule has 0 heterocycles. The Balaban J connectivity index is 2.63. The van der Waals surface area contributed by atoms with Crippen molar-refractivity contribution in [3.8, 4) is 0 Å². The summed E-state index contributed by atoms with van der Waals surface area (Å²) < 4.78 is 0. The lowest BCUT2D eigenvalue weighted by Gasteiger charge is -2.22. The van der Waals surface area contributed by atoms with E-state index in [2.05, 4.69) is 31.2 Å². The Morgan fingerprint density at radius 2 is 2.33 bits per heavy atom. The van der Waals surface area contributed by atoms with Crippen molar-refractivity contribution in [2.24, 2.45) is 5.41 Å². The lowest BCUT2D eigenvalue weighted by molar-refractivity contribution is 0.492. The third-order valence-corrected chi connectivity index (χ3v) is 2.25. The molecule has 0 saturated carbocycles. The summed E-state index contributed by atoms with van der Waals surface area (Å²) >= 11 is 5.74. The molecule has 0 fully saturated rings. The lowest BCUT2D eigenvalue weighted by atomic mass is 9.86. The first-order valence-corrected chi connectivity index (χ1v) is 3.71. The molecule has 1 rings (SSSR count). The van der Waals surface area contributed by atoms with Gasteiger partial charge in [-0.2, -0.15) is 0 Å². The molecule has 1 atom stereocenters. The average molecular weight is 143 g/mol. The van der Waals surface area contributed by atoms with Crippen LogP contribution in [-0.4, -0.2) is 5.88 Å². The summed E-state index contributed by atoms with van der Waals surface area (Å²) in [6.07, 6.45) is 9.52. The van der Waals surface area contributed by atoms with E-state index < -0.39 is 0 Å². The van der Waals surface area contributed by atoms with Crippen LogP contribution in [0.15, 0.2) is 24.3 Å². The van der Waals surface area contributed by atoms with E-state index in [-0.39, 0.29) is 5.41 Å². The zero-order valence-corrected chi connectivity index (χ0v) is 6.36. The second-order valence-corrected chi connectivity index (χ2v) is 3.05. The summed E-state index contributed by atoms with van der Waals surface area (Å²) in [5.41, 5.74) is 0.219. The van der Waals surface area contributed by atoms with E-state index in [1.165, 1.54) is 0 Å². The van der Waals surface area contributed by atoms with Gasteiger partial charge in [0.15, 0.2) is 0 Å². The van der Waals surface area contributed by atoms with Crippen LogP contribution in [0, 0.1) is 5.41 Å². The molecule has 0 aromatic carbocycles. The molecule has 0 amide bonds. The molecule has 0 spiro atoms. The van der Waals surface area contributed by atoms with Gasteiger partial charge >= 0.3 is 0 Å². The summed E-state index contributed by atoms with van der Waals surface area (Å²) in [7, 11) is 0. The Labute approximate surface area is 61.2 Å². The number of alkyl halides is 1. The molecule has 0 aromatic heterocycles. The van der Waals surface area contributed by atoms with Crippen LogP contribution in [0.3, 0.4) is 0 Å². The van der Waals surface area contributed by atoms with Crippen LogP contribution in [0.4, 0.5) is 0 Å². The van der Waals surface area contributed by atoms with E-state index in [0.29, 0.717) is 5.88 Å². The third-order valence-electron chi connectivity index (χ3n) is 1.64. The Morgan fingerprint density at radius 1 is 1.56 bits per heavy atom. The maximum Gasteiger partial charge on any atom is 0.0315 e. The zero-order valence-electron chi connectivity index (χ0n) is 5.60. The summed E-state index contributed by atoms with van der Waals surface area (Å²) in [5, 5.41) is 0. The van der Waals surface area contributed by atoms with Crippen molar-refractivity contribution < 1.29 is 0 Å². The third kappa shape index (κ3) is 1.59. The first-order chi connectivity index (χ1) is 4.27. The molecule has 0 nitrogen and oxygen atoms in total. The van der Waals surface area contributed by atoms with Crippen LogP contribution in [0.2, 0.25) is 0 Å². The first kappa shape index (κ1) is 6.88. The van der Waals surface area contributed by atoms with E-state index in [1.807, 2.05) is 0 Å². The lowest BCUT2D eigenvalue weighted by Crippen LogP contribution is -2.15. The van der Waals surface area contributed by atoms with E-state index in [4.69, 9.17) is 11.6 Å². The summed E-state index contributed by atoms with van der Waals surface area (Å²) in [6, 6.07) is 0. The van der Waals surface area contributed by atoms with Gasteiger partial charge in [-0.25, -0.2) is 0 Å². The number of rotatable bonds is 1. The van der Waals surface area contributed by atoms with Crippen molar-refractivity contribution in [2.75, 3.05) is 5.88 Å². The van der Waals surface area contributed by atoms with Crippen molar-refractivity contribution in [3.05, 3.63) is 24.3 Å². The molecule has 0 aromatic rings. The molecule has 9 heavy (non-hydrogen) atoms. The quantitative estimate of drug-likeness (QED) is 0.494. The van der Waals surface area contributed by atoms with Crippen molar-refractivity contribution in [1.29, 1.82) is 0 Å². The highest BCUT2D eigenvalue weighted by molar-refractivity contribution is 6.18. The fraction of sp³-hybridized carbons (Fsp3) is 0.500. The second-order valence-electron chi connectivity index (χ2n) is 2.78. The fourth-order valence-electron chi connectivity index (χ4n) is 0.871. The highest BCUT2D eigenvalue weighted by atomic mass is 35.5. The number of allylic oxidation sites excluding steroid dienone is 4. The van der Waals surface area contributed by atoms with Crippen molar-refractivity contribution in [2.45, 2.75) is 13.3 Å². The molecule has 0 radical (unpaired) electrons. The summed E-state index contributed by atoms with van der Waals surface area (Å²) in [6.45, 7) is 2.17. The van der Waals surface area contributed by atoms with Gasteiger partial charge in [0, 0.05) is 11.3 Å². The minimum Gasteiger partial charge on any atom is -0.126 e. The summed E-state index contributed by atoms with van der Waals surface area (Å²) in [4.78, 5) is 0. The van der Waals surface area contributed by atoms with Crippen molar-refractivity contribution in [1.82, 2.24) is 0 Å². The molecule has 1 unspecified atom stereocenters. The molecule has 1 aliphatic carbocycles. The molecule has 0 saturated heterocycles. The maximum atomic E-state index is 5.74. The highest BCUT2D eigenvalue weighted by Gasteiger charge is 2.18. The fourth-order valence-corrected chi connectivity index (χ4v) is 1.07. The summed E-state index contributed by atoms with van der Waals surface area (Å²) in [5.74, 6) is 0.716. The van der Waals surface area contributed by atoms with Crippen LogP contribution in [0.25, 0.3) is 0 Å². The van der Waals surface area contributed by atoms with Crippen molar-refractivity contribution in [3.63, 3.8) is 0 Å². The van der Waals surface area contributed by atoms with Gasteiger partial charge in [-0.3, -0.25) is 0 Å². The van der Waals surface area contributed by atoms with Crippen molar-refractivity contribution >= 4 is 11.6 Å². The molecule has 1 aliphatic rings. The van der Waals surface area contributed by atoms with Gasteiger partial charge in [-0.1, -0.05) is 31.2 Å². The molecule has 0 N–H and O–H groups in total. The van der Waals surface area contributed by atoms with E-state index in [1.54, 1.807) is 0 Å². The van der Waals surface area contributed by atoms with Gasteiger partial charge in [-0.05, 0) is 6.42 Å². The Kier molecular flexibility index (Phi) is 1.97. The molecule has 0 bridgehead atoms. The smallest absolute Gasteiger partial charge is 0.0315 e. The van der Waals surface area contributed by atoms with E-state index >= 15 is 0 Å². The van der Waals surface area contributed by atoms with Gasteiger partial charge in [0.25, 0.3) is 0 Å². The molecule has 1 heteroatoms. The maximum absolute atomic E-state index is 5.74. The van der Waals surface area contributed by atoms with Gasteiger partial charge in [-0.15, -0.1) is 11.6 Å². The van der Waals surface area contributed by atoms with Crippen LogP contribution in [-0.2, 0) is 0 Å². The Morgan fingerprint density at radius 3 is 2.67 bits per heavy atom. The van der Waals surface area contributed by atoms with Gasteiger partial charge in [0.2, 0.25) is 0 Å². The predicted octanol–water partition coefficient (Wildman–Crippen LogP) is 2.75. The zero-order chi connectivity index (χ0) is 6.74. The predicted molar refractivity (Wildman–Crippen MR) is 41.7 cm³/mol. The second kappa shape index (κ2) is 2.57. The monoisotopic (exact) mass is 142 g/mol. The minimum atomic E-state index is 0.219. The van der Waals surface area contributed by atoms with Crippen LogP contribution >= 0.6 is 11.6 Å². The average Bonchev–Trinajstić information content (AvgIpc) is 1.90. The van der Waals surface area contributed by atoms with Gasteiger partial charge in [0.05, 0.1) is 0 Å². The highest BCUT2D eigenvalue weighted by Crippen LogP contribution is 2.27. The largest absolute Gasteiger partial charge is 0.126 e. The van der Waals surface area contributed by atoms with E-state index in [0.717, 1.165) is 6.42 Å². The van der Waals surface area contributed by atoms with E-state index in [9.17, 15) is 0 Å². The number of hydrogen-bond acceptors (Lipinski definition) is 0. The number of hydrogen-bond donors (Lipinski definition) is 0. The molecular formula is C8H11Cl. The molecule has 50 valence electrons. The van der Waals surface area contributed by atoms with Crippen LogP contribution < -0.4 is 0 Å². The normalized spacial score (nSPS) is 33.1. The van der Waals surface area contributed by atoms with Crippen LogP contribution in [0.1, 0.15) is 13.3 Å². The molecular weight excluding hydrogens is 132 g/mol. The van der Waals surface area contributed by atoms with Gasteiger partial charge in [0.1, 0.15) is 0 Å². The minimum absolute atomic E-state index is 0.219. The Hall–Kier alpha value is -0.230. The Bertz CT molecular complexity index is 147. The standard InChI is InChI=1S/C8H11Cl/c1-8(7-9)5-3-2-4-6-8/h2-5H,6-7H2,1H3. The first-order valence-electron chi connectivity index (χ1n) is 3.17. The topological polar surface area (TPSA) is 0 Å². The van der Waals surface area contributed by atoms with Crippen LogP contribution in [0.5, 0.6) is 0 Å².